The van der Waals surface area contributed by atoms with Crippen LogP contribution in [0.2, 0.25) is 0 Å². The van der Waals surface area contributed by atoms with E-state index in [-0.39, 0.29) is 29.8 Å². The van der Waals surface area contributed by atoms with Gasteiger partial charge in [0.1, 0.15) is 11.6 Å². The molecule has 136 valence electrons. The second-order valence-corrected chi connectivity index (χ2v) is 7.25. The minimum absolute atomic E-state index is 0. The van der Waals surface area contributed by atoms with Crippen LogP contribution in [0.25, 0.3) is 0 Å². The molecule has 3 rings (SSSR count). The van der Waals surface area contributed by atoms with Crippen molar-refractivity contribution in [2.24, 2.45) is 5.73 Å². The van der Waals surface area contributed by atoms with Crippen LogP contribution in [-0.2, 0) is 9.59 Å². The second-order valence-electron chi connectivity index (χ2n) is 7.25. The summed E-state index contributed by atoms with van der Waals surface area (Å²) in [4.78, 5) is 38.7. The maximum Gasteiger partial charge on any atom is 0.325 e. The Kier molecular flexibility index (Phi) is 5.44. The largest absolute Gasteiger partial charge is 0.348 e. The van der Waals surface area contributed by atoms with E-state index >= 15 is 0 Å². The minimum atomic E-state index is -0.813. The van der Waals surface area contributed by atoms with E-state index in [1.54, 1.807) is 6.92 Å². The number of rotatable bonds is 4. The molecule has 1 saturated heterocycles. The fourth-order valence-electron chi connectivity index (χ4n) is 4.23. The van der Waals surface area contributed by atoms with Gasteiger partial charge in [-0.2, -0.15) is 0 Å². The first-order chi connectivity index (χ1) is 10.9. The maximum absolute atomic E-state index is 12.7. The summed E-state index contributed by atoms with van der Waals surface area (Å²) in [5.74, 6) is -0.549. The number of carbonyl (C=O) groups is 3. The topological polar surface area (TPSA) is 105 Å². The molecule has 0 aromatic carbocycles. The van der Waals surface area contributed by atoms with Crippen LogP contribution >= 0.6 is 12.4 Å². The molecule has 0 radical (unpaired) electrons. The summed E-state index contributed by atoms with van der Waals surface area (Å²) in [5, 5.41) is 5.82. The van der Waals surface area contributed by atoms with Crippen molar-refractivity contribution in [3.05, 3.63) is 0 Å². The molecule has 4 amide bonds. The van der Waals surface area contributed by atoms with Gasteiger partial charge in [-0.1, -0.05) is 25.7 Å². The highest BCUT2D eigenvalue weighted by atomic mass is 35.5. The van der Waals surface area contributed by atoms with Gasteiger partial charge >= 0.3 is 6.03 Å². The zero-order chi connectivity index (χ0) is 16.7. The van der Waals surface area contributed by atoms with E-state index in [4.69, 9.17) is 5.73 Å². The molecule has 24 heavy (non-hydrogen) atoms. The molecule has 1 unspecified atom stereocenters. The van der Waals surface area contributed by atoms with Crippen molar-refractivity contribution in [1.82, 2.24) is 15.5 Å². The van der Waals surface area contributed by atoms with Crippen molar-refractivity contribution in [3.8, 4) is 0 Å². The number of halogens is 1. The van der Waals surface area contributed by atoms with Gasteiger partial charge in [-0.15, -0.1) is 12.4 Å². The van der Waals surface area contributed by atoms with Crippen LogP contribution < -0.4 is 16.4 Å². The van der Waals surface area contributed by atoms with Gasteiger partial charge in [-0.3, -0.25) is 9.59 Å². The normalized spacial score (nSPS) is 25.5. The van der Waals surface area contributed by atoms with Crippen molar-refractivity contribution < 1.29 is 14.4 Å². The molecular weight excluding hydrogens is 332 g/mol. The Morgan fingerprint density at radius 3 is 2.29 bits per heavy atom. The Balaban J connectivity index is 0.00000208. The van der Waals surface area contributed by atoms with Crippen LogP contribution in [0.1, 0.15) is 58.3 Å². The van der Waals surface area contributed by atoms with E-state index in [2.05, 4.69) is 10.6 Å². The molecule has 2 saturated carbocycles. The van der Waals surface area contributed by atoms with Gasteiger partial charge in [-0.05, 0) is 32.6 Å². The number of nitrogens with two attached hydrogens (primary N) is 1. The fraction of sp³-hybridized carbons (Fsp3) is 0.812. The molecule has 7 nitrogen and oxygen atoms in total. The van der Waals surface area contributed by atoms with E-state index in [0.717, 1.165) is 43.4 Å². The third-order valence-corrected chi connectivity index (χ3v) is 5.76. The van der Waals surface area contributed by atoms with Crippen LogP contribution in [0, 0.1) is 0 Å². The van der Waals surface area contributed by atoms with Crippen molar-refractivity contribution in [3.63, 3.8) is 0 Å². The summed E-state index contributed by atoms with van der Waals surface area (Å²) in [6.45, 7) is 2.00. The second kappa shape index (κ2) is 6.88. The quantitative estimate of drug-likeness (QED) is 0.653. The van der Waals surface area contributed by atoms with Gasteiger partial charge in [0.2, 0.25) is 5.91 Å². The molecule has 2 aliphatic carbocycles. The number of urea groups is 1. The molecular formula is C16H27ClN4O3. The molecule has 0 bridgehead atoms. The van der Waals surface area contributed by atoms with Gasteiger partial charge in [0.25, 0.3) is 5.91 Å². The predicted octanol–water partition coefficient (Wildman–Crippen LogP) is 1.05. The fourth-order valence-corrected chi connectivity index (χ4v) is 4.23. The highest BCUT2D eigenvalue weighted by Crippen LogP contribution is 2.36. The number of hydrogen-bond donors (Lipinski definition) is 3. The maximum atomic E-state index is 12.7. The molecule has 0 aromatic heterocycles. The highest BCUT2D eigenvalue weighted by Gasteiger charge is 2.54. The van der Waals surface area contributed by atoms with E-state index in [1.165, 1.54) is 0 Å². The molecule has 1 spiro atoms. The summed E-state index contributed by atoms with van der Waals surface area (Å²) >= 11 is 0. The van der Waals surface area contributed by atoms with E-state index < -0.39 is 17.6 Å². The number of hydrogen-bond acceptors (Lipinski definition) is 4. The number of imide groups is 1. The lowest BCUT2D eigenvalue weighted by Crippen LogP contribution is -2.58. The molecule has 4 N–H and O–H groups in total. The van der Waals surface area contributed by atoms with Crippen molar-refractivity contribution in [2.45, 2.75) is 75.4 Å². The molecule has 1 aliphatic heterocycles. The lowest BCUT2D eigenvalue weighted by atomic mass is 9.96. The first-order valence-electron chi connectivity index (χ1n) is 8.61. The molecule has 8 heteroatoms. The molecule has 0 aromatic rings. The smallest absolute Gasteiger partial charge is 0.325 e. The average molecular weight is 359 g/mol. The van der Waals surface area contributed by atoms with Gasteiger partial charge in [0.05, 0.1) is 5.54 Å². The Hall–Kier alpha value is -1.34. The minimum Gasteiger partial charge on any atom is -0.348 e. The lowest BCUT2D eigenvalue weighted by Gasteiger charge is -2.32. The summed E-state index contributed by atoms with van der Waals surface area (Å²) in [6.07, 6.45) is 6.96. The zero-order valence-electron chi connectivity index (χ0n) is 14.1. The lowest BCUT2D eigenvalue weighted by molar-refractivity contribution is -0.138. The third kappa shape index (κ3) is 2.99. The summed E-state index contributed by atoms with van der Waals surface area (Å²) in [5.41, 5.74) is 4.69. The monoisotopic (exact) mass is 358 g/mol. The Labute approximate surface area is 148 Å². The summed E-state index contributed by atoms with van der Waals surface area (Å²) in [6, 6.07) is -1.26. The van der Waals surface area contributed by atoms with Crippen molar-refractivity contribution in [1.29, 1.82) is 0 Å². The first kappa shape index (κ1) is 19.0. The molecule has 1 atom stereocenters. The number of nitrogens with one attached hydrogen (secondary N) is 2. The molecule has 1 heterocycles. The zero-order valence-corrected chi connectivity index (χ0v) is 14.9. The van der Waals surface area contributed by atoms with Crippen LogP contribution in [0.4, 0.5) is 4.79 Å². The van der Waals surface area contributed by atoms with Crippen LogP contribution in [0.5, 0.6) is 0 Å². The van der Waals surface area contributed by atoms with Crippen LogP contribution in [0.15, 0.2) is 0 Å². The van der Waals surface area contributed by atoms with Crippen molar-refractivity contribution >= 4 is 30.3 Å². The van der Waals surface area contributed by atoms with Crippen molar-refractivity contribution in [2.75, 3.05) is 6.54 Å². The Morgan fingerprint density at radius 1 is 1.21 bits per heavy atom. The molecule has 3 fully saturated rings. The van der Waals surface area contributed by atoms with E-state index in [0.29, 0.717) is 19.4 Å². The summed E-state index contributed by atoms with van der Waals surface area (Å²) < 4.78 is 0. The first-order valence-corrected chi connectivity index (χ1v) is 8.61. The van der Waals surface area contributed by atoms with Gasteiger partial charge in [-0.25, -0.2) is 9.69 Å². The number of carbonyl (C=O) groups excluding carboxylic acids is 3. The number of amides is 4. The summed E-state index contributed by atoms with van der Waals surface area (Å²) in [7, 11) is 0. The predicted molar refractivity (Wildman–Crippen MR) is 91.7 cm³/mol. The SMILES string of the molecule is CC(C(=O)NC1(CN)CCCC1)N1C(=O)NC2(CCCC2)C1=O.Cl. The van der Waals surface area contributed by atoms with Gasteiger partial charge in [0, 0.05) is 6.54 Å². The van der Waals surface area contributed by atoms with Gasteiger partial charge in [0.15, 0.2) is 0 Å². The number of nitrogens with zero attached hydrogens (tertiary/aromatic N) is 1. The average Bonchev–Trinajstić information content (AvgIpc) is 3.22. The van der Waals surface area contributed by atoms with Gasteiger partial charge < -0.3 is 16.4 Å². The van der Waals surface area contributed by atoms with Crippen LogP contribution in [-0.4, -0.2) is 46.4 Å². The highest BCUT2D eigenvalue weighted by molar-refractivity contribution is 6.10. The third-order valence-electron chi connectivity index (χ3n) is 5.76. The Bertz CT molecular complexity index is 527. The standard InChI is InChI=1S/C16H26N4O3.ClH/c1-11(12(21)18-15(10-17)6-2-3-7-15)20-13(22)16(19-14(20)23)8-4-5-9-16;/h11H,2-10,17H2,1H3,(H,18,21)(H,19,23);1H. The van der Waals surface area contributed by atoms with Crippen LogP contribution in [0.3, 0.4) is 0 Å². The molecule has 3 aliphatic rings. The van der Waals surface area contributed by atoms with E-state index in [9.17, 15) is 14.4 Å². The van der Waals surface area contributed by atoms with E-state index in [1.807, 2.05) is 0 Å². The Morgan fingerprint density at radius 2 is 1.75 bits per heavy atom.